The van der Waals surface area contributed by atoms with E-state index in [4.69, 9.17) is 4.74 Å². The molecule has 0 aliphatic rings. The van der Waals surface area contributed by atoms with Crippen LogP contribution in [0.3, 0.4) is 0 Å². The van der Waals surface area contributed by atoms with Crippen LogP contribution in [0.15, 0.2) is 48.5 Å². The number of methoxy groups -OCH3 is 1. The highest BCUT2D eigenvalue weighted by Crippen LogP contribution is 2.23. The number of anilines is 1. The molecule has 0 fully saturated rings. The van der Waals surface area contributed by atoms with Gasteiger partial charge in [-0.1, -0.05) is 37.3 Å². The number of carbonyl (C=O) groups is 2. The van der Waals surface area contributed by atoms with E-state index in [1.165, 1.54) is 10.6 Å². The molecule has 8 nitrogen and oxygen atoms in total. The molecule has 0 unspecified atom stereocenters. The smallest absolute Gasteiger partial charge is 0.242 e. The molecule has 2 aromatic carbocycles. The molecule has 0 aliphatic carbocycles. The summed E-state index contributed by atoms with van der Waals surface area (Å²) in [6.07, 6.45) is 2.37. The number of carbonyl (C=O) groups excluding carboxylic acids is 2. The molecule has 2 atom stereocenters. The van der Waals surface area contributed by atoms with Gasteiger partial charge in [0.15, 0.2) is 0 Å². The van der Waals surface area contributed by atoms with Crippen molar-refractivity contribution in [1.29, 1.82) is 0 Å². The number of ether oxygens (including phenoxy) is 1. The van der Waals surface area contributed by atoms with Crippen LogP contribution in [0.25, 0.3) is 0 Å². The van der Waals surface area contributed by atoms with Crippen LogP contribution < -0.4 is 14.4 Å². The maximum atomic E-state index is 13.4. The SMILES string of the molecule is CC[C@H](C)NC(=O)[C@H](C)N(Cc1ccc(OC)cc1)C(=O)CCCN(c1ccccc1C)S(C)(=O)=O. The Labute approximate surface area is 215 Å². The van der Waals surface area contributed by atoms with Crippen molar-refractivity contribution in [1.82, 2.24) is 10.2 Å². The molecular formula is C27H39N3O5S. The van der Waals surface area contributed by atoms with Crippen LogP contribution in [0.4, 0.5) is 5.69 Å². The topological polar surface area (TPSA) is 96.0 Å². The number of benzene rings is 2. The van der Waals surface area contributed by atoms with Crippen LogP contribution in [0, 0.1) is 6.92 Å². The van der Waals surface area contributed by atoms with E-state index in [1.807, 2.05) is 57.2 Å². The minimum Gasteiger partial charge on any atom is -0.497 e. The van der Waals surface area contributed by atoms with Crippen LogP contribution in [-0.2, 0) is 26.2 Å². The van der Waals surface area contributed by atoms with Crippen LogP contribution in [0.2, 0.25) is 0 Å². The van der Waals surface area contributed by atoms with Gasteiger partial charge in [-0.05, 0) is 62.9 Å². The molecule has 0 spiro atoms. The monoisotopic (exact) mass is 517 g/mol. The van der Waals surface area contributed by atoms with Crippen LogP contribution in [0.5, 0.6) is 5.75 Å². The molecule has 0 saturated heterocycles. The number of sulfonamides is 1. The van der Waals surface area contributed by atoms with Gasteiger partial charge in [-0.25, -0.2) is 8.42 Å². The summed E-state index contributed by atoms with van der Waals surface area (Å²) in [5.41, 5.74) is 2.31. The first-order valence-corrected chi connectivity index (χ1v) is 14.1. The first-order valence-electron chi connectivity index (χ1n) is 12.2. The molecule has 0 aromatic heterocycles. The predicted octanol–water partition coefficient (Wildman–Crippen LogP) is 3.88. The summed E-state index contributed by atoms with van der Waals surface area (Å²) in [6.45, 7) is 7.90. The maximum Gasteiger partial charge on any atom is 0.242 e. The minimum atomic E-state index is -3.53. The van der Waals surface area contributed by atoms with E-state index in [0.717, 1.165) is 17.5 Å². The van der Waals surface area contributed by atoms with Gasteiger partial charge < -0.3 is 15.0 Å². The molecule has 36 heavy (non-hydrogen) atoms. The molecule has 9 heteroatoms. The fourth-order valence-corrected chi connectivity index (χ4v) is 4.82. The molecule has 0 heterocycles. The van der Waals surface area contributed by atoms with Crippen molar-refractivity contribution in [2.75, 3.05) is 24.2 Å². The standard InChI is InChI=1S/C27H39N3O5S/c1-7-21(3)28-27(32)22(4)29(19-23-14-16-24(35-5)17-15-23)26(31)13-10-18-30(36(6,33)34)25-12-9-8-11-20(25)2/h8-9,11-12,14-17,21-22H,7,10,13,18-19H2,1-6H3,(H,28,32)/t21-,22-/m0/s1. The number of para-hydroxylation sites is 1. The van der Waals surface area contributed by atoms with E-state index in [1.54, 1.807) is 31.1 Å². The second kappa shape index (κ2) is 13.3. The third-order valence-corrected chi connectivity index (χ3v) is 7.40. The summed E-state index contributed by atoms with van der Waals surface area (Å²) in [4.78, 5) is 27.8. The number of hydrogen-bond donors (Lipinski definition) is 1. The summed E-state index contributed by atoms with van der Waals surface area (Å²) >= 11 is 0. The van der Waals surface area contributed by atoms with Gasteiger partial charge in [0.05, 0.1) is 19.1 Å². The number of nitrogens with one attached hydrogen (secondary N) is 1. The van der Waals surface area contributed by atoms with Gasteiger partial charge in [-0.15, -0.1) is 0 Å². The zero-order chi connectivity index (χ0) is 26.9. The lowest BCUT2D eigenvalue weighted by Gasteiger charge is -2.30. The van der Waals surface area contributed by atoms with Crippen molar-refractivity contribution in [2.45, 2.75) is 65.6 Å². The second-order valence-electron chi connectivity index (χ2n) is 9.09. The first kappa shape index (κ1) is 29.2. The Hall–Kier alpha value is -3.07. The van der Waals surface area contributed by atoms with Crippen molar-refractivity contribution in [2.24, 2.45) is 0 Å². The highest BCUT2D eigenvalue weighted by Gasteiger charge is 2.27. The van der Waals surface area contributed by atoms with Gasteiger partial charge in [0.1, 0.15) is 11.8 Å². The number of amides is 2. The lowest BCUT2D eigenvalue weighted by Crippen LogP contribution is -2.49. The molecule has 0 radical (unpaired) electrons. The Morgan fingerprint density at radius 2 is 1.69 bits per heavy atom. The molecule has 2 amide bonds. The highest BCUT2D eigenvalue weighted by molar-refractivity contribution is 7.92. The van der Waals surface area contributed by atoms with Crippen molar-refractivity contribution in [3.63, 3.8) is 0 Å². The van der Waals surface area contributed by atoms with E-state index in [0.29, 0.717) is 17.9 Å². The van der Waals surface area contributed by atoms with Crippen LogP contribution in [-0.4, -0.2) is 57.1 Å². The van der Waals surface area contributed by atoms with Gasteiger partial charge in [0.25, 0.3) is 0 Å². The minimum absolute atomic E-state index is 0.00433. The molecule has 0 aliphatic heterocycles. The Bertz CT molecular complexity index is 1120. The van der Waals surface area contributed by atoms with Crippen molar-refractivity contribution >= 4 is 27.5 Å². The van der Waals surface area contributed by atoms with Gasteiger partial charge in [-0.3, -0.25) is 13.9 Å². The van der Waals surface area contributed by atoms with E-state index in [-0.39, 0.29) is 37.4 Å². The number of rotatable bonds is 13. The Kier molecular flexibility index (Phi) is 10.8. The molecule has 0 saturated carbocycles. The van der Waals surface area contributed by atoms with E-state index >= 15 is 0 Å². The summed E-state index contributed by atoms with van der Waals surface area (Å²) in [7, 11) is -1.94. The molecule has 0 bridgehead atoms. The van der Waals surface area contributed by atoms with Gasteiger partial charge in [0.2, 0.25) is 21.8 Å². The Morgan fingerprint density at radius 1 is 1.06 bits per heavy atom. The number of hydrogen-bond acceptors (Lipinski definition) is 5. The highest BCUT2D eigenvalue weighted by atomic mass is 32.2. The normalized spacial score (nSPS) is 12.9. The fourth-order valence-electron chi connectivity index (χ4n) is 3.80. The number of aryl methyl sites for hydroxylation is 1. The zero-order valence-electron chi connectivity index (χ0n) is 22.2. The summed E-state index contributed by atoms with van der Waals surface area (Å²) < 4.78 is 31.5. The van der Waals surface area contributed by atoms with E-state index < -0.39 is 16.1 Å². The lowest BCUT2D eigenvalue weighted by atomic mass is 10.1. The first-order chi connectivity index (χ1) is 17.0. The van der Waals surface area contributed by atoms with Crippen molar-refractivity contribution in [3.05, 3.63) is 59.7 Å². The van der Waals surface area contributed by atoms with E-state index in [2.05, 4.69) is 5.32 Å². The van der Waals surface area contributed by atoms with Crippen LogP contribution in [0.1, 0.15) is 51.2 Å². The van der Waals surface area contributed by atoms with Gasteiger partial charge in [-0.2, -0.15) is 0 Å². The molecule has 198 valence electrons. The van der Waals surface area contributed by atoms with Gasteiger partial charge in [0, 0.05) is 25.6 Å². The molecule has 1 N–H and O–H groups in total. The summed E-state index contributed by atoms with van der Waals surface area (Å²) in [5.74, 6) is 0.274. The summed E-state index contributed by atoms with van der Waals surface area (Å²) in [6, 6.07) is 13.9. The lowest BCUT2D eigenvalue weighted by molar-refractivity contribution is -0.140. The Morgan fingerprint density at radius 3 is 2.25 bits per heavy atom. The fraction of sp³-hybridized carbons (Fsp3) is 0.481. The number of nitrogens with zero attached hydrogens (tertiary/aromatic N) is 2. The average molecular weight is 518 g/mol. The van der Waals surface area contributed by atoms with Crippen LogP contribution >= 0.6 is 0 Å². The Balaban J connectivity index is 2.19. The second-order valence-corrected chi connectivity index (χ2v) is 11.0. The third kappa shape index (κ3) is 8.26. The quantitative estimate of drug-likeness (QED) is 0.435. The summed E-state index contributed by atoms with van der Waals surface area (Å²) in [5, 5.41) is 2.95. The predicted molar refractivity (Wildman–Crippen MR) is 144 cm³/mol. The van der Waals surface area contributed by atoms with Gasteiger partial charge >= 0.3 is 0 Å². The molecule has 2 aromatic rings. The third-order valence-electron chi connectivity index (χ3n) is 6.22. The largest absolute Gasteiger partial charge is 0.497 e. The molecular weight excluding hydrogens is 478 g/mol. The molecule has 2 rings (SSSR count). The average Bonchev–Trinajstić information content (AvgIpc) is 2.84. The van der Waals surface area contributed by atoms with E-state index in [9.17, 15) is 18.0 Å². The zero-order valence-corrected chi connectivity index (χ0v) is 23.0. The van der Waals surface area contributed by atoms with Crippen molar-refractivity contribution < 1.29 is 22.7 Å². The maximum absolute atomic E-state index is 13.4. The van der Waals surface area contributed by atoms with Crippen molar-refractivity contribution in [3.8, 4) is 5.75 Å².